The topological polar surface area (TPSA) is 34.0 Å². The SMILES string of the molecule is CCCCCCCCOc1ccc(C2N=CCC=N2)cc1. The zero-order valence-corrected chi connectivity index (χ0v) is 13.0. The first-order valence-electron chi connectivity index (χ1n) is 8.16. The Kier molecular flexibility index (Phi) is 6.99. The maximum absolute atomic E-state index is 5.78. The summed E-state index contributed by atoms with van der Waals surface area (Å²) in [5.41, 5.74) is 1.12. The molecule has 0 aromatic heterocycles. The second-order valence-corrected chi connectivity index (χ2v) is 5.46. The predicted octanol–water partition coefficient (Wildman–Crippen LogP) is 4.97. The first-order chi connectivity index (χ1) is 10.4. The van der Waals surface area contributed by atoms with E-state index in [0.29, 0.717) is 0 Å². The number of unbranched alkanes of at least 4 members (excludes halogenated alkanes) is 5. The van der Waals surface area contributed by atoms with Crippen LogP contribution in [0.25, 0.3) is 0 Å². The Bertz CT molecular complexity index is 439. The molecule has 0 amide bonds. The Balaban J connectivity index is 1.67. The van der Waals surface area contributed by atoms with Crippen LogP contribution in [0.4, 0.5) is 0 Å². The van der Waals surface area contributed by atoms with Crippen LogP contribution in [-0.4, -0.2) is 19.0 Å². The highest BCUT2D eigenvalue weighted by Crippen LogP contribution is 2.23. The quantitative estimate of drug-likeness (QED) is 0.590. The highest BCUT2D eigenvalue weighted by molar-refractivity contribution is 5.81. The second kappa shape index (κ2) is 9.32. The summed E-state index contributed by atoms with van der Waals surface area (Å²) in [6, 6.07) is 8.15. The molecule has 21 heavy (non-hydrogen) atoms. The number of benzene rings is 1. The molecule has 0 fully saturated rings. The fourth-order valence-corrected chi connectivity index (χ4v) is 2.39. The van der Waals surface area contributed by atoms with Crippen molar-refractivity contribution in [1.29, 1.82) is 0 Å². The van der Waals surface area contributed by atoms with E-state index in [1.807, 2.05) is 24.6 Å². The number of hydrogen-bond acceptors (Lipinski definition) is 3. The molecule has 0 N–H and O–H groups in total. The van der Waals surface area contributed by atoms with Gasteiger partial charge in [0.25, 0.3) is 0 Å². The van der Waals surface area contributed by atoms with Gasteiger partial charge < -0.3 is 4.74 Å². The van der Waals surface area contributed by atoms with E-state index in [4.69, 9.17) is 4.74 Å². The molecule has 114 valence electrons. The largest absolute Gasteiger partial charge is 0.494 e. The highest BCUT2D eigenvalue weighted by atomic mass is 16.5. The molecule has 0 atom stereocenters. The lowest BCUT2D eigenvalue weighted by atomic mass is 10.1. The Morgan fingerprint density at radius 1 is 0.952 bits per heavy atom. The van der Waals surface area contributed by atoms with Gasteiger partial charge >= 0.3 is 0 Å². The zero-order valence-electron chi connectivity index (χ0n) is 13.0. The summed E-state index contributed by atoms with van der Waals surface area (Å²) in [7, 11) is 0. The molecule has 0 radical (unpaired) electrons. The van der Waals surface area contributed by atoms with Crippen LogP contribution in [0.5, 0.6) is 5.75 Å². The van der Waals surface area contributed by atoms with Gasteiger partial charge in [0.2, 0.25) is 0 Å². The van der Waals surface area contributed by atoms with Gasteiger partial charge in [-0.15, -0.1) is 0 Å². The maximum atomic E-state index is 5.78. The number of hydrogen-bond donors (Lipinski definition) is 0. The molecule has 0 spiro atoms. The normalized spacial score (nSPS) is 14.5. The summed E-state index contributed by atoms with van der Waals surface area (Å²) in [6.45, 7) is 3.06. The Hall–Kier alpha value is -1.64. The van der Waals surface area contributed by atoms with E-state index >= 15 is 0 Å². The standard InChI is InChI=1S/C18H26N2O/c1-2-3-4-5-6-7-15-21-17-11-9-16(10-12-17)18-19-13-8-14-20-18/h9-14,18H,2-8,15H2,1H3. The van der Waals surface area contributed by atoms with E-state index in [-0.39, 0.29) is 6.17 Å². The van der Waals surface area contributed by atoms with Crippen molar-refractivity contribution in [2.45, 2.75) is 58.0 Å². The van der Waals surface area contributed by atoms with Crippen LogP contribution in [0.15, 0.2) is 34.3 Å². The van der Waals surface area contributed by atoms with Gasteiger partial charge in [0.15, 0.2) is 6.17 Å². The van der Waals surface area contributed by atoms with E-state index in [1.54, 1.807) is 0 Å². The molecule has 3 nitrogen and oxygen atoms in total. The molecule has 0 unspecified atom stereocenters. The van der Waals surface area contributed by atoms with Crippen molar-refractivity contribution in [3.05, 3.63) is 29.8 Å². The van der Waals surface area contributed by atoms with Gasteiger partial charge in [-0.3, -0.25) is 9.98 Å². The third kappa shape index (κ3) is 5.70. The van der Waals surface area contributed by atoms with Crippen LogP contribution in [0, 0.1) is 0 Å². The molecule has 0 saturated carbocycles. The molecule has 1 aromatic rings. The van der Waals surface area contributed by atoms with Crippen molar-refractivity contribution >= 4 is 12.4 Å². The van der Waals surface area contributed by atoms with Crippen LogP contribution in [-0.2, 0) is 0 Å². The summed E-state index contributed by atoms with van der Waals surface area (Å²) < 4.78 is 5.78. The van der Waals surface area contributed by atoms with E-state index in [2.05, 4.69) is 29.0 Å². The monoisotopic (exact) mass is 286 g/mol. The predicted molar refractivity (Wildman–Crippen MR) is 89.7 cm³/mol. The number of nitrogens with zero attached hydrogens (tertiary/aromatic N) is 2. The minimum absolute atomic E-state index is 0.0636. The lowest BCUT2D eigenvalue weighted by molar-refractivity contribution is 0.304. The fourth-order valence-electron chi connectivity index (χ4n) is 2.39. The first kappa shape index (κ1) is 15.7. The summed E-state index contributed by atoms with van der Waals surface area (Å²) >= 11 is 0. The van der Waals surface area contributed by atoms with E-state index in [0.717, 1.165) is 30.8 Å². The molecule has 1 aliphatic heterocycles. The number of ether oxygens (including phenoxy) is 1. The smallest absolute Gasteiger partial charge is 0.164 e. The Morgan fingerprint density at radius 3 is 2.33 bits per heavy atom. The molecule has 0 aliphatic carbocycles. The average Bonchev–Trinajstić information content (AvgIpc) is 2.55. The second-order valence-electron chi connectivity index (χ2n) is 5.46. The zero-order chi connectivity index (χ0) is 14.8. The van der Waals surface area contributed by atoms with Crippen LogP contribution in [0.1, 0.15) is 63.6 Å². The third-order valence-electron chi connectivity index (χ3n) is 3.65. The molecular weight excluding hydrogens is 260 g/mol. The Morgan fingerprint density at radius 2 is 1.62 bits per heavy atom. The van der Waals surface area contributed by atoms with Crippen molar-refractivity contribution in [3.8, 4) is 5.75 Å². The van der Waals surface area contributed by atoms with Gasteiger partial charge in [-0.2, -0.15) is 0 Å². The highest BCUT2D eigenvalue weighted by Gasteiger charge is 2.08. The van der Waals surface area contributed by atoms with Crippen molar-refractivity contribution in [1.82, 2.24) is 0 Å². The number of rotatable bonds is 9. The van der Waals surface area contributed by atoms with Crippen LogP contribution in [0.2, 0.25) is 0 Å². The molecular formula is C18H26N2O. The van der Waals surface area contributed by atoms with Gasteiger partial charge in [-0.1, -0.05) is 51.2 Å². The van der Waals surface area contributed by atoms with Gasteiger partial charge in [0.05, 0.1) is 6.61 Å². The molecule has 3 heteroatoms. The summed E-state index contributed by atoms with van der Waals surface area (Å²) in [4.78, 5) is 8.75. The van der Waals surface area contributed by atoms with E-state index in [9.17, 15) is 0 Å². The molecule has 0 bridgehead atoms. The van der Waals surface area contributed by atoms with E-state index in [1.165, 1.54) is 32.1 Å². The van der Waals surface area contributed by atoms with Crippen LogP contribution in [0.3, 0.4) is 0 Å². The van der Waals surface area contributed by atoms with Gasteiger partial charge in [0, 0.05) is 18.9 Å². The van der Waals surface area contributed by atoms with Gasteiger partial charge in [-0.25, -0.2) is 0 Å². The summed E-state index contributed by atoms with van der Waals surface area (Å²) in [5.74, 6) is 0.941. The molecule has 1 aliphatic rings. The minimum atomic E-state index is -0.0636. The van der Waals surface area contributed by atoms with Crippen molar-refractivity contribution in [2.24, 2.45) is 9.98 Å². The molecule has 1 aromatic carbocycles. The summed E-state index contributed by atoms with van der Waals surface area (Å²) in [6.07, 6.45) is 12.4. The first-order valence-corrected chi connectivity index (χ1v) is 8.16. The summed E-state index contributed by atoms with van der Waals surface area (Å²) in [5, 5.41) is 0. The molecule has 2 rings (SSSR count). The lowest BCUT2D eigenvalue weighted by Gasteiger charge is -2.11. The van der Waals surface area contributed by atoms with Gasteiger partial charge in [0.1, 0.15) is 5.75 Å². The van der Waals surface area contributed by atoms with Gasteiger partial charge in [-0.05, 0) is 24.1 Å². The van der Waals surface area contributed by atoms with Crippen molar-refractivity contribution in [2.75, 3.05) is 6.61 Å². The van der Waals surface area contributed by atoms with E-state index < -0.39 is 0 Å². The minimum Gasteiger partial charge on any atom is -0.494 e. The van der Waals surface area contributed by atoms with Crippen molar-refractivity contribution < 1.29 is 4.74 Å². The number of aliphatic imine (C=N–C) groups is 2. The Labute approximate surface area is 128 Å². The maximum Gasteiger partial charge on any atom is 0.164 e. The fraction of sp³-hybridized carbons (Fsp3) is 0.556. The van der Waals surface area contributed by atoms with Crippen LogP contribution >= 0.6 is 0 Å². The van der Waals surface area contributed by atoms with Crippen molar-refractivity contribution in [3.63, 3.8) is 0 Å². The molecule has 1 heterocycles. The third-order valence-corrected chi connectivity index (χ3v) is 3.65. The van der Waals surface area contributed by atoms with Crippen LogP contribution < -0.4 is 4.74 Å². The lowest BCUT2D eigenvalue weighted by Crippen LogP contribution is -2.00. The average molecular weight is 286 g/mol. The molecule has 0 saturated heterocycles.